The van der Waals surface area contributed by atoms with Crippen LogP contribution in [0.15, 0.2) is 28.7 Å². The zero-order valence-electron chi connectivity index (χ0n) is 12.0. The SMILES string of the molecule is Nc1ccc2oc(C(=O)OCCCN3CCCC3)cc2c1. The summed E-state index contributed by atoms with van der Waals surface area (Å²) in [6.07, 6.45) is 3.42. The molecule has 0 saturated carbocycles. The third-order valence-corrected chi connectivity index (χ3v) is 3.79. The molecule has 3 rings (SSSR count). The van der Waals surface area contributed by atoms with Crippen LogP contribution in [0.1, 0.15) is 29.8 Å². The molecule has 0 unspecified atom stereocenters. The van der Waals surface area contributed by atoms with Gasteiger partial charge < -0.3 is 19.8 Å². The molecule has 2 aromatic rings. The van der Waals surface area contributed by atoms with Gasteiger partial charge in [0.25, 0.3) is 0 Å². The predicted molar refractivity (Wildman–Crippen MR) is 81.2 cm³/mol. The van der Waals surface area contributed by atoms with E-state index in [0.29, 0.717) is 17.9 Å². The molecule has 2 heterocycles. The summed E-state index contributed by atoms with van der Waals surface area (Å²) in [5, 5.41) is 0.819. The zero-order valence-corrected chi connectivity index (χ0v) is 12.0. The second-order valence-electron chi connectivity index (χ2n) is 5.45. The van der Waals surface area contributed by atoms with Gasteiger partial charge in [-0.3, -0.25) is 0 Å². The van der Waals surface area contributed by atoms with E-state index in [0.717, 1.165) is 18.4 Å². The Morgan fingerprint density at radius 3 is 2.90 bits per heavy atom. The first-order chi connectivity index (χ1) is 10.2. The molecule has 1 aromatic carbocycles. The Hall–Kier alpha value is -2.01. The first kappa shape index (κ1) is 13.9. The fraction of sp³-hybridized carbons (Fsp3) is 0.438. The number of ether oxygens (including phenoxy) is 1. The lowest BCUT2D eigenvalue weighted by atomic mass is 10.2. The number of likely N-dealkylation sites (tertiary alicyclic amines) is 1. The van der Waals surface area contributed by atoms with Crippen LogP contribution >= 0.6 is 0 Å². The molecular formula is C16H20N2O3. The van der Waals surface area contributed by atoms with E-state index in [9.17, 15) is 4.79 Å². The molecule has 0 bridgehead atoms. The number of fused-ring (bicyclic) bond motifs is 1. The Labute approximate surface area is 123 Å². The summed E-state index contributed by atoms with van der Waals surface area (Å²) in [7, 11) is 0. The normalized spacial score (nSPS) is 15.6. The second kappa shape index (κ2) is 6.18. The average Bonchev–Trinajstić information content (AvgIpc) is 3.11. The molecule has 0 radical (unpaired) electrons. The number of nitrogens with two attached hydrogens (primary N) is 1. The molecule has 0 aliphatic carbocycles. The van der Waals surface area contributed by atoms with Crippen molar-refractivity contribution in [1.29, 1.82) is 0 Å². The van der Waals surface area contributed by atoms with E-state index >= 15 is 0 Å². The third-order valence-electron chi connectivity index (χ3n) is 3.79. The maximum absolute atomic E-state index is 11.9. The van der Waals surface area contributed by atoms with Crippen molar-refractivity contribution in [1.82, 2.24) is 4.90 Å². The summed E-state index contributed by atoms with van der Waals surface area (Å²) in [4.78, 5) is 14.3. The number of furan rings is 1. The fourth-order valence-corrected chi connectivity index (χ4v) is 2.69. The number of hydrogen-bond acceptors (Lipinski definition) is 5. The minimum Gasteiger partial charge on any atom is -0.460 e. The van der Waals surface area contributed by atoms with E-state index in [1.807, 2.05) is 0 Å². The molecule has 112 valence electrons. The molecular weight excluding hydrogens is 268 g/mol. The summed E-state index contributed by atoms with van der Waals surface area (Å²) < 4.78 is 10.7. The molecule has 5 nitrogen and oxygen atoms in total. The number of esters is 1. The highest BCUT2D eigenvalue weighted by Gasteiger charge is 2.15. The van der Waals surface area contributed by atoms with Gasteiger partial charge in [-0.25, -0.2) is 4.79 Å². The van der Waals surface area contributed by atoms with Crippen molar-refractivity contribution >= 4 is 22.6 Å². The van der Waals surface area contributed by atoms with Gasteiger partial charge in [-0.05, 0) is 56.6 Å². The van der Waals surface area contributed by atoms with E-state index in [2.05, 4.69) is 4.90 Å². The Morgan fingerprint density at radius 2 is 2.10 bits per heavy atom. The first-order valence-corrected chi connectivity index (χ1v) is 7.41. The number of carbonyl (C=O) groups is 1. The zero-order chi connectivity index (χ0) is 14.7. The van der Waals surface area contributed by atoms with Crippen molar-refractivity contribution in [3.05, 3.63) is 30.0 Å². The van der Waals surface area contributed by atoms with Crippen molar-refractivity contribution in [2.45, 2.75) is 19.3 Å². The summed E-state index contributed by atoms with van der Waals surface area (Å²) in [6, 6.07) is 6.96. The summed E-state index contributed by atoms with van der Waals surface area (Å²) in [6.45, 7) is 3.75. The molecule has 0 amide bonds. The summed E-state index contributed by atoms with van der Waals surface area (Å²) in [5.41, 5.74) is 7.00. The molecule has 21 heavy (non-hydrogen) atoms. The first-order valence-electron chi connectivity index (χ1n) is 7.41. The van der Waals surface area contributed by atoms with E-state index < -0.39 is 5.97 Å². The lowest BCUT2D eigenvalue weighted by molar-refractivity contribution is 0.0457. The predicted octanol–water partition coefficient (Wildman–Crippen LogP) is 2.66. The van der Waals surface area contributed by atoms with Gasteiger partial charge >= 0.3 is 5.97 Å². The maximum atomic E-state index is 11.9. The van der Waals surface area contributed by atoms with Crippen LogP contribution in [-0.4, -0.2) is 37.1 Å². The minimum atomic E-state index is -0.411. The number of carbonyl (C=O) groups excluding carboxylic acids is 1. The Bertz CT molecular complexity index is 629. The standard InChI is InChI=1S/C16H20N2O3/c17-13-4-5-14-12(10-13)11-15(21-14)16(19)20-9-3-8-18-6-1-2-7-18/h4-5,10-11H,1-3,6-9,17H2. The Balaban J connectivity index is 1.51. The van der Waals surface area contributed by atoms with Gasteiger partial charge in [0.15, 0.2) is 0 Å². The van der Waals surface area contributed by atoms with Crippen LogP contribution in [0.25, 0.3) is 11.0 Å². The van der Waals surface area contributed by atoms with E-state index in [-0.39, 0.29) is 5.76 Å². The van der Waals surface area contributed by atoms with Crippen molar-refractivity contribution in [3.8, 4) is 0 Å². The van der Waals surface area contributed by atoms with Crippen LogP contribution in [0, 0.1) is 0 Å². The maximum Gasteiger partial charge on any atom is 0.374 e. The Morgan fingerprint density at radius 1 is 1.29 bits per heavy atom. The smallest absolute Gasteiger partial charge is 0.374 e. The van der Waals surface area contributed by atoms with Gasteiger partial charge in [-0.1, -0.05) is 0 Å². The third kappa shape index (κ3) is 3.36. The number of nitrogens with zero attached hydrogens (tertiary/aromatic N) is 1. The van der Waals surface area contributed by atoms with Gasteiger partial charge in [-0.15, -0.1) is 0 Å². The highest BCUT2D eigenvalue weighted by Crippen LogP contribution is 2.22. The van der Waals surface area contributed by atoms with E-state index in [1.165, 1.54) is 25.9 Å². The molecule has 1 aliphatic heterocycles. The van der Waals surface area contributed by atoms with Crippen LogP contribution < -0.4 is 5.73 Å². The molecule has 5 heteroatoms. The van der Waals surface area contributed by atoms with Crippen molar-refractivity contribution < 1.29 is 13.9 Å². The van der Waals surface area contributed by atoms with Crippen LogP contribution in [0.3, 0.4) is 0 Å². The van der Waals surface area contributed by atoms with Crippen molar-refractivity contribution in [2.75, 3.05) is 32.0 Å². The van der Waals surface area contributed by atoms with Gasteiger partial charge in [0.1, 0.15) is 5.58 Å². The highest BCUT2D eigenvalue weighted by atomic mass is 16.5. The number of anilines is 1. The monoisotopic (exact) mass is 288 g/mol. The highest BCUT2D eigenvalue weighted by molar-refractivity contribution is 5.93. The number of hydrogen-bond donors (Lipinski definition) is 1. The average molecular weight is 288 g/mol. The van der Waals surface area contributed by atoms with Crippen LogP contribution in [0.4, 0.5) is 5.69 Å². The molecule has 1 aromatic heterocycles. The molecule has 2 N–H and O–H groups in total. The van der Waals surface area contributed by atoms with Crippen LogP contribution in [0.2, 0.25) is 0 Å². The lowest BCUT2D eigenvalue weighted by Crippen LogP contribution is -2.22. The molecule has 1 saturated heterocycles. The van der Waals surface area contributed by atoms with Gasteiger partial charge in [-0.2, -0.15) is 0 Å². The largest absolute Gasteiger partial charge is 0.460 e. The number of benzene rings is 1. The van der Waals surface area contributed by atoms with Crippen molar-refractivity contribution in [3.63, 3.8) is 0 Å². The van der Waals surface area contributed by atoms with Crippen molar-refractivity contribution in [2.24, 2.45) is 0 Å². The minimum absolute atomic E-state index is 0.233. The molecule has 0 spiro atoms. The topological polar surface area (TPSA) is 68.7 Å². The molecule has 0 atom stereocenters. The number of rotatable bonds is 5. The van der Waals surface area contributed by atoms with Gasteiger partial charge in [0.2, 0.25) is 5.76 Å². The lowest BCUT2D eigenvalue weighted by Gasteiger charge is -2.13. The molecule has 1 aliphatic rings. The molecule has 1 fully saturated rings. The van der Waals surface area contributed by atoms with Crippen LogP contribution in [0.5, 0.6) is 0 Å². The van der Waals surface area contributed by atoms with Gasteiger partial charge in [0, 0.05) is 17.6 Å². The number of nitrogen functional groups attached to an aromatic ring is 1. The van der Waals surface area contributed by atoms with E-state index in [1.54, 1.807) is 24.3 Å². The quantitative estimate of drug-likeness (QED) is 0.520. The Kier molecular flexibility index (Phi) is 4.10. The summed E-state index contributed by atoms with van der Waals surface area (Å²) >= 11 is 0. The summed E-state index contributed by atoms with van der Waals surface area (Å²) in [5.74, 6) is -0.178. The second-order valence-corrected chi connectivity index (χ2v) is 5.45. The van der Waals surface area contributed by atoms with Crippen LogP contribution in [-0.2, 0) is 4.74 Å². The fourth-order valence-electron chi connectivity index (χ4n) is 2.69. The van der Waals surface area contributed by atoms with E-state index in [4.69, 9.17) is 14.9 Å². The van der Waals surface area contributed by atoms with Gasteiger partial charge in [0.05, 0.1) is 6.61 Å².